The smallest absolute Gasteiger partial charge is 0.459 e. The molecule has 246 valence electrons. The van der Waals surface area contributed by atoms with E-state index in [4.69, 9.17) is 33.7 Å². The molecule has 0 spiro atoms. The highest BCUT2D eigenvalue weighted by atomic mass is 31.2. The van der Waals surface area contributed by atoms with E-state index in [1.165, 1.54) is 14.0 Å². The first-order valence-electron chi connectivity index (χ1n) is 14.8. The van der Waals surface area contributed by atoms with Crippen LogP contribution in [0.15, 0.2) is 66.5 Å². The monoisotopic (exact) mass is 645 g/mol. The van der Waals surface area contributed by atoms with Crippen molar-refractivity contribution in [2.75, 3.05) is 20.3 Å². The Hall–Kier alpha value is -3.25. The minimum absolute atomic E-state index is 0.173. The first kappa shape index (κ1) is 34.6. The number of nitrogens with two attached hydrogens (primary N) is 1. The third-order valence-electron chi connectivity index (χ3n) is 7.03. The molecule has 2 heterocycles. The Morgan fingerprint density at radius 2 is 1.87 bits per heavy atom. The van der Waals surface area contributed by atoms with Crippen LogP contribution in [-0.2, 0) is 37.6 Å². The van der Waals surface area contributed by atoms with Crippen LogP contribution in [0.4, 0.5) is 0 Å². The van der Waals surface area contributed by atoms with Crippen molar-refractivity contribution in [3.8, 4) is 5.75 Å². The molecule has 4 rings (SSSR count). The number of ether oxygens (including phenoxy) is 4. The molecule has 1 amide bonds. The van der Waals surface area contributed by atoms with Crippen molar-refractivity contribution < 1.29 is 42.1 Å². The van der Waals surface area contributed by atoms with Crippen molar-refractivity contribution in [2.24, 2.45) is 11.1 Å². The summed E-state index contributed by atoms with van der Waals surface area (Å²) in [5.74, 6) is -1.87. The summed E-state index contributed by atoms with van der Waals surface area (Å²) in [6, 6.07) is 11.8. The predicted molar refractivity (Wildman–Crippen MR) is 169 cm³/mol. The summed E-state index contributed by atoms with van der Waals surface area (Å²) >= 11 is 0. The van der Waals surface area contributed by atoms with Crippen LogP contribution in [0.5, 0.6) is 5.75 Å². The quantitative estimate of drug-likeness (QED) is 0.224. The molecular formula is C32H44N3O9P. The number of nitrogens with one attached hydrogen (secondary N) is 1. The molecule has 0 bridgehead atoms. The first-order valence-corrected chi connectivity index (χ1v) is 16.3. The van der Waals surface area contributed by atoms with Gasteiger partial charge in [-0.3, -0.25) is 14.1 Å². The van der Waals surface area contributed by atoms with Gasteiger partial charge >= 0.3 is 13.7 Å². The number of methoxy groups -OCH3 is 1. The number of carbonyl (C=O) groups is 2. The van der Waals surface area contributed by atoms with Crippen molar-refractivity contribution >= 4 is 30.4 Å². The fourth-order valence-electron chi connectivity index (χ4n) is 4.83. The molecule has 0 aliphatic carbocycles. The van der Waals surface area contributed by atoms with Gasteiger partial charge in [-0.25, -0.2) is 4.57 Å². The van der Waals surface area contributed by atoms with E-state index in [-0.39, 0.29) is 18.6 Å². The van der Waals surface area contributed by atoms with E-state index in [0.29, 0.717) is 23.1 Å². The molecule has 5 atom stereocenters. The topological polar surface area (TPSA) is 148 Å². The number of allylic oxidation sites excluding steroid dienone is 1. The maximum atomic E-state index is 14.4. The highest BCUT2D eigenvalue weighted by Crippen LogP contribution is 2.47. The summed E-state index contributed by atoms with van der Waals surface area (Å²) < 4.78 is 50.1. The van der Waals surface area contributed by atoms with Crippen LogP contribution in [0.1, 0.15) is 48.0 Å². The number of rotatable bonds is 13. The number of amides is 1. The number of carbonyl (C=O) groups excluding carboxylic acids is 2. The van der Waals surface area contributed by atoms with Gasteiger partial charge in [-0.05, 0) is 44.1 Å². The fourth-order valence-corrected chi connectivity index (χ4v) is 6.35. The third kappa shape index (κ3) is 9.16. The molecular weight excluding hydrogens is 601 g/mol. The van der Waals surface area contributed by atoms with Crippen LogP contribution >= 0.6 is 7.75 Å². The molecule has 1 fully saturated rings. The van der Waals surface area contributed by atoms with Gasteiger partial charge in [0.15, 0.2) is 12.0 Å². The number of esters is 1. The summed E-state index contributed by atoms with van der Waals surface area (Å²) in [6.07, 6.45) is 3.23. The summed E-state index contributed by atoms with van der Waals surface area (Å²) in [4.78, 5) is 26.4. The molecule has 2 aliphatic heterocycles. The molecule has 3 unspecified atom stereocenters. The van der Waals surface area contributed by atoms with Gasteiger partial charge in [0.05, 0.1) is 13.2 Å². The number of primary amides is 1. The Labute approximate surface area is 264 Å². The lowest BCUT2D eigenvalue weighted by Crippen LogP contribution is -2.46. The van der Waals surface area contributed by atoms with E-state index in [9.17, 15) is 14.2 Å². The van der Waals surface area contributed by atoms with Gasteiger partial charge in [-0.15, -0.1) is 0 Å². The summed E-state index contributed by atoms with van der Waals surface area (Å²) in [5, 5.41) is 4.33. The van der Waals surface area contributed by atoms with Gasteiger partial charge < -0.3 is 34.1 Å². The zero-order chi connectivity index (χ0) is 33.0. The summed E-state index contributed by atoms with van der Waals surface area (Å²) in [6.45, 7) is 10.7. The molecule has 13 heteroatoms. The number of hydrogen-bond acceptors (Lipinski definition) is 10. The van der Waals surface area contributed by atoms with Gasteiger partial charge in [0.25, 0.3) is 0 Å². The largest absolute Gasteiger partial charge is 0.464 e. The molecule has 45 heavy (non-hydrogen) atoms. The van der Waals surface area contributed by atoms with Crippen LogP contribution in [0, 0.1) is 5.41 Å². The van der Waals surface area contributed by atoms with Crippen LogP contribution in [0.3, 0.4) is 0 Å². The number of hydrogen-bond donors (Lipinski definition) is 2. The fraction of sp³-hybridized carbons (Fsp3) is 0.500. The van der Waals surface area contributed by atoms with Gasteiger partial charge in [0.2, 0.25) is 5.91 Å². The molecule has 3 N–H and O–H groups in total. The number of benzene rings is 2. The molecule has 0 saturated carbocycles. The Morgan fingerprint density at radius 3 is 2.56 bits per heavy atom. The lowest BCUT2D eigenvalue weighted by atomic mass is 9.99. The summed E-state index contributed by atoms with van der Waals surface area (Å²) in [7, 11) is -2.80. The zero-order valence-electron chi connectivity index (χ0n) is 26.9. The van der Waals surface area contributed by atoms with Crippen molar-refractivity contribution in [3.63, 3.8) is 0 Å². The molecule has 2 aromatic rings. The summed E-state index contributed by atoms with van der Waals surface area (Å²) in [5.41, 5.74) is 5.67. The predicted octanol–water partition coefficient (Wildman–Crippen LogP) is 4.99. The van der Waals surface area contributed by atoms with Gasteiger partial charge in [0, 0.05) is 30.5 Å². The molecule has 0 aromatic heterocycles. The number of fused-ring (bicyclic) bond motifs is 1. The van der Waals surface area contributed by atoms with Gasteiger partial charge in [0.1, 0.15) is 24.0 Å². The van der Waals surface area contributed by atoms with Crippen molar-refractivity contribution in [1.29, 1.82) is 0 Å². The van der Waals surface area contributed by atoms with E-state index in [2.05, 4.69) is 5.09 Å². The Bertz CT molecular complexity index is 1480. The zero-order valence-corrected chi connectivity index (χ0v) is 27.7. The second-order valence-electron chi connectivity index (χ2n) is 12.7. The van der Waals surface area contributed by atoms with Crippen LogP contribution < -0.4 is 15.3 Å². The lowest BCUT2D eigenvalue weighted by Gasteiger charge is -2.33. The van der Waals surface area contributed by atoms with E-state index >= 15 is 0 Å². The molecule has 12 nitrogen and oxygen atoms in total. The second kappa shape index (κ2) is 14.0. The van der Waals surface area contributed by atoms with Crippen molar-refractivity contribution in [3.05, 3.63) is 66.5 Å². The molecule has 2 aliphatic rings. The number of nitrogens with zero attached hydrogens (tertiary/aromatic N) is 1. The average molecular weight is 646 g/mol. The normalized spacial score (nSPS) is 22.4. The van der Waals surface area contributed by atoms with E-state index in [0.717, 1.165) is 5.39 Å². The van der Waals surface area contributed by atoms with Gasteiger partial charge in [-0.1, -0.05) is 63.2 Å². The van der Waals surface area contributed by atoms with Crippen molar-refractivity contribution in [2.45, 2.75) is 78.2 Å². The van der Waals surface area contributed by atoms with E-state index < -0.39 is 49.9 Å². The molecule has 0 radical (unpaired) electrons. The Balaban J connectivity index is 1.59. The maximum absolute atomic E-state index is 14.4. The SMILES string of the molecule is COC(COP(=O)(NC(C)C(=O)OCC(C)(C)C)Oc1cccc2ccccc12)[C@H]1OC(C)(C)O[C@H]1N1C=CCC(C(N)=O)=C1. The second-order valence-corrected chi connectivity index (χ2v) is 14.4. The molecule has 2 aromatic carbocycles. The Kier molecular flexibility index (Phi) is 10.8. The minimum atomic E-state index is -4.26. The van der Waals surface area contributed by atoms with Gasteiger partial charge in [-0.2, -0.15) is 5.09 Å². The molecule has 1 saturated heterocycles. The highest BCUT2D eigenvalue weighted by molar-refractivity contribution is 7.52. The lowest BCUT2D eigenvalue weighted by molar-refractivity contribution is -0.163. The van der Waals surface area contributed by atoms with Crippen LogP contribution in [0.25, 0.3) is 10.8 Å². The van der Waals surface area contributed by atoms with Crippen molar-refractivity contribution in [1.82, 2.24) is 9.99 Å². The maximum Gasteiger partial charge on any atom is 0.459 e. The average Bonchev–Trinajstić information content (AvgIpc) is 3.31. The van der Waals surface area contributed by atoms with E-state index in [1.807, 2.05) is 51.1 Å². The standard InChI is InChI=1S/C32H44N3O9P/c1-21(30(37)40-20-31(2,3)4)34-45(38,44-25-16-10-13-22-12-8-9-15-24(22)25)41-19-26(39-7)27-29(43-32(5,6)42-27)35-17-11-14-23(18-35)28(33)36/h8-13,15-18,21,26-27,29H,14,19-20H2,1-7H3,(H2,33,36)(H,34,38)/t21?,26?,27-,29-,45?/m1/s1. The third-order valence-corrected chi connectivity index (χ3v) is 8.66. The van der Waals surface area contributed by atoms with Crippen LogP contribution in [0.2, 0.25) is 0 Å². The van der Waals surface area contributed by atoms with Crippen LogP contribution in [-0.4, -0.2) is 67.4 Å². The first-order chi connectivity index (χ1) is 21.1. The minimum Gasteiger partial charge on any atom is -0.464 e. The highest BCUT2D eigenvalue weighted by Gasteiger charge is 2.48. The van der Waals surface area contributed by atoms with E-state index in [1.54, 1.807) is 49.4 Å². The Morgan fingerprint density at radius 1 is 1.16 bits per heavy atom.